The second-order valence-electron chi connectivity index (χ2n) is 8.06. The van der Waals surface area contributed by atoms with E-state index in [0.29, 0.717) is 0 Å². The largest absolute Gasteiger partial charge is 0.352 e. The Morgan fingerprint density at radius 2 is 1.47 bits per heavy atom. The molecule has 0 aliphatic carbocycles. The smallest absolute Gasteiger partial charge is 0.243 e. The normalized spacial score (nSPS) is 12.5. The van der Waals surface area contributed by atoms with Gasteiger partial charge in [-0.05, 0) is 49.9 Å². The van der Waals surface area contributed by atoms with E-state index in [1.54, 1.807) is 30.3 Å². The molecule has 32 heavy (non-hydrogen) atoms. The van der Waals surface area contributed by atoms with Crippen LogP contribution in [0.5, 0.6) is 0 Å². The number of benzene rings is 3. The molecule has 0 saturated carbocycles. The van der Waals surface area contributed by atoms with Crippen molar-refractivity contribution in [1.29, 1.82) is 0 Å². The van der Waals surface area contributed by atoms with Crippen LogP contribution in [0.1, 0.15) is 30.0 Å². The first-order chi connectivity index (χ1) is 15.3. The molecule has 168 valence electrons. The van der Waals surface area contributed by atoms with Gasteiger partial charge in [-0.25, -0.2) is 8.42 Å². The number of nitrogens with one attached hydrogen (secondary N) is 1. The minimum absolute atomic E-state index is 0.0663. The third kappa shape index (κ3) is 6.77. The summed E-state index contributed by atoms with van der Waals surface area (Å²) in [6, 6.07) is 25.9. The van der Waals surface area contributed by atoms with Gasteiger partial charge < -0.3 is 5.32 Å². The molecule has 0 aromatic heterocycles. The fraction of sp³-hybridized carbons (Fsp3) is 0.269. The van der Waals surface area contributed by atoms with E-state index < -0.39 is 10.0 Å². The van der Waals surface area contributed by atoms with Crippen molar-refractivity contribution in [2.45, 2.75) is 44.2 Å². The summed E-state index contributed by atoms with van der Waals surface area (Å²) < 4.78 is 27.8. The highest BCUT2D eigenvalue weighted by atomic mass is 32.2. The number of aryl methyl sites for hydroxylation is 2. The van der Waals surface area contributed by atoms with Gasteiger partial charge in [-0.3, -0.25) is 4.79 Å². The number of nitrogens with zero attached hydrogens (tertiary/aromatic N) is 1. The van der Waals surface area contributed by atoms with Crippen molar-refractivity contribution in [1.82, 2.24) is 9.62 Å². The number of sulfonamides is 1. The molecule has 5 nitrogen and oxygen atoms in total. The van der Waals surface area contributed by atoms with E-state index in [0.717, 1.165) is 24.0 Å². The summed E-state index contributed by atoms with van der Waals surface area (Å²) in [7, 11) is -3.82. The van der Waals surface area contributed by atoms with Crippen LogP contribution in [-0.4, -0.2) is 31.2 Å². The molecule has 0 spiro atoms. The van der Waals surface area contributed by atoms with Crippen molar-refractivity contribution >= 4 is 15.9 Å². The van der Waals surface area contributed by atoms with E-state index in [2.05, 4.69) is 17.4 Å². The lowest BCUT2D eigenvalue weighted by molar-refractivity contribution is -0.122. The van der Waals surface area contributed by atoms with Gasteiger partial charge in [-0.2, -0.15) is 4.31 Å². The van der Waals surface area contributed by atoms with Crippen LogP contribution in [0.25, 0.3) is 0 Å². The molecule has 0 heterocycles. The second kappa shape index (κ2) is 11.1. The summed E-state index contributed by atoms with van der Waals surface area (Å²) in [5.41, 5.74) is 3.14. The molecule has 3 rings (SSSR count). The Hall–Kier alpha value is -2.96. The van der Waals surface area contributed by atoms with Gasteiger partial charge in [0.2, 0.25) is 15.9 Å². The Labute approximate surface area is 191 Å². The van der Waals surface area contributed by atoms with Crippen molar-refractivity contribution in [3.05, 3.63) is 102 Å². The van der Waals surface area contributed by atoms with Crippen LogP contribution in [0.15, 0.2) is 89.8 Å². The van der Waals surface area contributed by atoms with Gasteiger partial charge in [0.25, 0.3) is 0 Å². The third-order valence-corrected chi connectivity index (χ3v) is 7.10. The first-order valence-electron chi connectivity index (χ1n) is 10.8. The fourth-order valence-electron chi connectivity index (χ4n) is 3.45. The Morgan fingerprint density at radius 3 is 2.09 bits per heavy atom. The summed E-state index contributed by atoms with van der Waals surface area (Å²) >= 11 is 0. The van der Waals surface area contributed by atoms with Crippen LogP contribution in [-0.2, 0) is 27.8 Å². The zero-order valence-corrected chi connectivity index (χ0v) is 19.4. The molecular formula is C26H30N2O3S. The second-order valence-corrected chi connectivity index (χ2v) is 10.0. The van der Waals surface area contributed by atoms with Gasteiger partial charge in [0.1, 0.15) is 0 Å². The number of rotatable bonds is 10. The third-order valence-electron chi connectivity index (χ3n) is 5.30. The molecule has 1 amide bonds. The quantitative estimate of drug-likeness (QED) is 0.500. The number of carbonyl (C=O) groups excluding carboxylic acids is 1. The average molecular weight is 451 g/mol. The first kappa shape index (κ1) is 23.7. The number of carbonyl (C=O) groups is 1. The highest BCUT2D eigenvalue weighted by Crippen LogP contribution is 2.18. The van der Waals surface area contributed by atoms with E-state index in [-0.39, 0.29) is 29.9 Å². The maximum Gasteiger partial charge on any atom is 0.243 e. The van der Waals surface area contributed by atoms with Gasteiger partial charge in [0.15, 0.2) is 0 Å². The van der Waals surface area contributed by atoms with Crippen LogP contribution in [0.3, 0.4) is 0 Å². The Bertz CT molecular complexity index is 1100. The number of hydrogen-bond donors (Lipinski definition) is 1. The number of hydrogen-bond acceptors (Lipinski definition) is 3. The number of amides is 1. The van der Waals surface area contributed by atoms with Crippen molar-refractivity contribution in [3.8, 4) is 0 Å². The van der Waals surface area contributed by atoms with E-state index in [1.807, 2.05) is 56.3 Å². The van der Waals surface area contributed by atoms with E-state index in [1.165, 1.54) is 9.87 Å². The van der Waals surface area contributed by atoms with Crippen molar-refractivity contribution in [2.24, 2.45) is 0 Å². The van der Waals surface area contributed by atoms with Crippen molar-refractivity contribution in [2.75, 3.05) is 6.54 Å². The molecule has 1 N–H and O–H groups in total. The summed E-state index contributed by atoms with van der Waals surface area (Å²) in [6.45, 7) is 3.81. The molecule has 0 aliphatic rings. The van der Waals surface area contributed by atoms with E-state index >= 15 is 0 Å². The molecular weight excluding hydrogens is 420 g/mol. The predicted molar refractivity (Wildman–Crippen MR) is 128 cm³/mol. The highest BCUT2D eigenvalue weighted by molar-refractivity contribution is 7.89. The minimum atomic E-state index is -3.82. The molecule has 0 saturated heterocycles. The molecule has 0 radical (unpaired) electrons. The molecule has 3 aromatic carbocycles. The van der Waals surface area contributed by atoms with Crippen LogP contribution in [0, 0.1) is 6.92 Å². The highest BCUT2D eigenvalue weighted by Gasteiger charge is 2.27. The molecule has 3 aromatic rings. The SMILES string of the molecule is Cc1ccc(CN(CC(=O)N[C@@H](C)CCc2ccccc2)S(=O)(=O)c2ccccc2)cc1. The Balaban J connectivity index is 1.70. The molecule has 0 fully saturated rings. The van der Waals surface area contributed by atoms with E-state index in [9.17, 15) is 13.2 Å². The standard InChI is InChI=1S/C26H30N2O3S/c1-21-13-16-24(17-14-21)19-28(32(30,31)25-11-7-4-8-12-25)20-26(29)27-22(2)15-18-23-9-5-3-6-10-23/h3-14,16-17,22H,15,18-20H2,1-2H3,(H,27,29)/t22-/m0/s1. The molecule has 0 bridgehead atoms. The monoisotopic (exact) mass is 450 g/mol. The van der Waals surface area contributed by atoms with Gasteiger partial charge in [-0.1, -0.05) is 78.4 Å². The summed E-state index contributed by atoms with van der Waals surface area (Å²) in [4.78, 5) is 13.0. The first-order valence-corrected chi connectivity index (χ1v) is 12.2. The molecule has 0 unspecified atom stereocenters. The average Bonchev–Trinajstić information content (AvgIpc) is 2.80. The van der Waals surface area contributed by atoms with Crippen LogP contribution in [0.2, 0.25) is 0 Å². The maximum absolute atomic E-state index is 13.3. The topological polar surface area (TPSA) is 66.5 Å². The Morgan fingerprint density at radius 1 is 0.875 bits per heavy atom. The maximum atomic E-state index is 13.3. The summed E-state index contributed by atoms with van der Waals surface area (Å²) in [5.74, 6) is -0.308. The van der Waals surface area contributed by atoms with Gasteiger partial charge >= 0.3 is 0 Å². The lowest BCUT2D eigenvalue weighted by atomic mass is 10.1. The van der Waals surface area contributed by atoms with Gasteiger partial charge in [0, 0.05) is 12.6 Å². The van der Waals surface area contributed by atoms with Crippen LogP contribution < -0.4 is 5.32 Å². The Kier molecular flexibility index (Phi) is 8.20. The van der Waals surface area contributed by atoms with Crippen LogP contribution >= 0.6 is 0 Å². The lowest BCUT2D eigenvalue weighted by Crippen LogP contribution is -2.43. The fourth-order valence-corrected chi connectivity index (χ4v) is 4.85. The zero-order chi connectivity index (χ0) is 23.0. The van der Waals surface area contributed by atoms with Gasteiger partial charge in [-0.15, -0.1) is 0 Å². The summed E-state index contributed by atoms with van der Waals surface area (Å²) in [5, 5.41) is 2.95. The minimum Gasteiger partial charge on any atom is -0.352 e. The van der Waals surface area contributed by atoms with Crippen molar-refractivity contribution in [3.63, 3.8) is 0 Å². The predicted octanol–water partition coefficient (Wildman–Crippen LogP) is 4.32. The summed E-state index contributed by atoms with van der Waals surface area (Å²) in [6.07, 6.45) is 1.62. The lowest BCUT2D eigenvalue weighted by Gasteiger charge is -2.23. The van der Waals surface area contributed by atoms with Gasteiger partial charge in [0.05, 0.1) is 11.4 Å². The molecule has 1 atom stereocenters. The zero-order valence-electron chi connectivity index (χ0n) is 18.6. The van der Waals surface area contributed by atoms with Crippen molar-refractivity contribution < 1.29 is 13.2 Å². The van der Waals surface area contributed by atoms with Crippen LogP contribution in [0.4, 0.5) is 0 Å². The van der Waals surface area contributed by atoms with E-state index in [4.69, 9.17) is 0 Å². The molecule has 6 heteroatoms. The molecule has 0 aliphatic heterocycles.